The van der Waals surface area contributed by atoms with Gasteiger partial charge in [0, 0.05) is 17.4 Å². The van der Waals surface area contributed by atoms with E-state index in [9.17, 15) is 4.79 Å². The summed E-state index contributed by atoms with van der Waals surface area (Å²) in [5.74, 6) is -0.150. The molecule has 1 aromatic heterocycles. The monoisotopic (exact) mass is 316 g/mol. The number of rotatable bonds is 3. The maximum atomic E-state index is 12.4. The van der Waals surface area contributed by atoms with Crippen molar-refractivity contribution in [3.8, 4) is 11.3 Å². The van der Waals surface area contributed by atoms with Crippen LogP contribution in [0.3, 0.4) is 0 Å². The van der Waals surface area contributed by atoms with Crippen molar-refractivity contribution in [2.45, 2.75) is 20.8 Å². The van der Waals surface area contributed by atoms with Gasteiger partial charge in [-0.3, -0.25) is 9.78 Å². The van der Waals surface area contributed by atoms with Gasteiger partial charge >= 0.3 is 0 Å². The van der Waals surface area contributed by atoms with Crippen molar-refractivity contribution in [3.63, 3.8) is 0 Å². The smallest absolute Gasteiger partial charge is 0.257 e. The summed E-state index contributed by atoms with van der Waals surface area (Å²) in [5.41, 5.74) is 6.71. The first-order chi connectivity index (χ1) is 11.5. The standard InChI is InChI=1S/C21H20N2O/c1-14-4-6-17(7-5-14)20-9-8-18(13-22-20)21(24)23-19-11-15(2)10-16(3)12-19/h4-13H,1-3H3,(H,23,24). The van der Waals surface area contributed by atoms with Crippen LogP contribution in [0.15, 0.2) is 60.8 Å². The molecule has 0 saturated carbocycles. The largest absolute Gasteiger partial charge is 0.322 e. The fourth-order valence-corrected chi connectivity index (χ4v) is 2.67. The number of hydrogen-bond donors (Lipinski definition) is 1. The van der Waals surface area contributed by atoms with Crippen LogP contribution in [-0.4, -0.2) is 10.9 Å². The number of aryl methyl sites for hydroxylation is 3. The second-order valence-electron chi connectivity index (χ2n) is 6.13. The molecule has 24 heavy (non-hydrogen) atoms. The average molecular weight is 316 g/mol. The Bertz CT molecular complexity index is 845. The Morgan fingerprint density at radius 1 is 0.833 bits per heavy atom. The molecule has 0 atom stereocenters. The van der Waals surface area contributed by atoms with Crippen LogP contribution < -0.4 is 5.32 Å². The normalized spacial score (nSPS) is 10.5. The Morgan fingerprint density at radius 2 is 1.50 bits per heavy atom. The van der Waals surface area contributed by atoms with Crippen LogP contribution in [0.1, 0.15) is 27.0 Å². The predicted octanol–water partition coefficient (Wildman–Crippen LogP) is 4.93. The van der Waals surface area contributed by atoms with Gasteiger partial charge in [-0.2, -0.15) is 0 Å². The number of amides is 1. The molecule has 2 aromatic carbocycles. The third-order valence-corrected chi connectivity index (χ3v) is 3.85. The van der Waals surface area contributed by atoms with Gasteiger partial charge in [-0.05, 0) is 56.2 Å². The highest BCUT2D eigenvalue weighted by atomic mass is 16.1. The zero-order chi connectivity index (χ0) is 17.1. The SMILES string of the molecule is Cc1ccc(-c2ccc(C(=O)Nc3cc(C)cc(C)c3)cn2)cc1. The third kappa shape index (κ3) is 3.69. The minimum absolute atomic E-state index is 0.150. The molecular formula is C21H20N2O. The Hall–Kier alpha value is -2.94. The van der Waals surface area contributed by atoms with E-state index in [1.807, 2.05) is 44.2 Å². The second-order valence-corrected chi connectivity index (χ2v) is 6.13. The lowest BCUT2D eigenvalue weighted by molar-refractivity contribution is 0.102. The van der Waals surface area contributed by atoms with Crippen LogP contribution in [0.4, 0.5) is 5.69 Å². The van der Waals surface area contributed by atoms with Gasteiger partial charge < -0.3 is 5.32 Å². The molecular weight excluding hydrogens is 296 g/mol. The van der Waals surface area contributed by atoms with Gasteiger partial charge in [0.1, 0.15) is 0 Å². The summed E-state index contributed by atoms with van der Waals surface area (Å²) in [5, 5.41) is 2.93. The lowest BCUT2D eigenvalue weighted by Crippen LogP contribution is -2.12. The summed E-state index contributed by atoms with van der Waals surface area (Å²) in [6, 6.07) is 17.8. The Labute approximate surface area is 142 Å². The van der Waals surface area contributed by atoms with Crippen molar-refractivity contribution < 1.29 is 4.79 Å². The molecule has 0 aliphatic rings. The van der Waals surface area contributed by atoms with Gasteiger partial charge in [0.2, 0.25) is 0 Å². The number of hydrogen-bond acceptors (Lipinski definition) is 2. The van der Waals surface area contributed by atoms with Crippen LogP contribution in [0.5, 0.6) is 0 Å². The van der Waals surface area contributed by atoms with Gasteiger partial charge in [-0.1, -0.05) is 35.9 Å². The van der Waals surface area contributed by atoms with E-state index in [0.717, 1.165) is 28.1 Å². The van der Waals surface area contributed by atoms with Crippen LogP contribution in [0.2, 0.25) is 0 Å². The number of pyridine rings is 1. The lowest BCUT2D eigenvalue weighted by atomic mass is 10.1. The Morgan fingerprint density at radius 3 is 2.08 bits per heavy atom. The first kappa shape index (κ1) is 15.9. The highest BCUT2D eigenvalue weighted by molar-refractivity contribution is 6.04. The van der Waals surface area contributed by atoms with Gasteiger partial charge in [-0.25, -0.2) is 0 Å². The second kappa shape index (κ2) is 6.67. The Kier molecular flexibility index (Phi) is 4.43. The molecule has 0 saturated heterocycles. The third-order valence-electron chi connectivity index (χ3n) is 3.85. The maximum Gasteiger partial charge on any atom is 0.257 e. The van der Waals surface area contributed by atoms with Gasteiger partial charge in [0.15, 0.2) is 0 Å². The number of carbonyl (C=O) groups excluding carboxylic acids is 1. The van der Waals surface area contributed by atoms with Crippen molar-refractivity contribution in [2.75, 3.05) is 5.32 Å². The van der Waals surface area contributed by atoms with Crippen LogP contribution in [0.25, 0.3) is 11.3 Å². The first-order valence-electron chi connectivity index (χ1n) is 7.94. The molecule has 0 radical (unpaired) electrons. The first-order valence-corrected chi connectivity index (χ1v) is 7.94. The highest BCUT2D eigenvalue weighted by Gasteiger charge is 2.08. The molecule has 120 valence electrons. The fraction of sp³-hybridized carbons (Fsp3) is 0.143. The molecule has 1 amide bonds. The molecule has 0 bridgehead atoms. The number of benzene rings is 2. The lowest BCUT2D eigenvalue weighted by Gasteiger charge is -2.08. The van der Waals surface area contributed by atoms with Crippen molar-refractivity contribution in [1.29, 1.82) is 0 Å². The molecule has 0 fully saturated rings. The summed E-state index contributed by atoms with van der Waals surface area (Å²) in [4.78, 5) is 16.8. The molecule has 3 heteroatoms. The number of anilines is 1. The molecule has 1 heterocycles. The molecule has 1 N–H and O–H groups in total. The summed E-state index contributed by atoms with van der Waals surface area (Å²) in [6.45, 7) is 6.08. The summed E-state index contributed by atoms with van der Waals surface area (Å²) in [7, 11) is 0. The van der Waals surface area contributed by atoms with Crippen LogP contribution >= 0.6 is 0 Å². The van der Waals surface area contributed by atoms with Crippen LogP contribution in [-0.2, 0) is 0 Å². The Balaban J connectivity index is 1.77. The fourth-order valence-electron chi connectivity index (χ4n) is 2.67. The minimum Gasteiger partial charge on any atom is -0.322 e. The molecule has 0 spiro atoms. The van der Waals surface area contributed by atoms with Gasteiger partial charge in [0.25, 0.3) is 5.91 Å². The highest BCUT2D eigenvalue weighted by Crippen LogP contribution is 2.19. The molecule has 3 aromatic rings. The van der Waals surface area contributed by atoms with E-state index in [1.54, 1.807) is 12.3 Å². The quantitative estimate of drug-likeness (QED) is 0.744. The molecule has 3 nitrogen and oxygen atoms in total. The van der Waals surface area contributed by atoms with Gasteiger partial charge in [0.05, 0.1) is 11.3 Å². The van der Waals surface area contributed by atoms with E-state index in [-0.39, 0.29) is 5.91 Å². The summed E-state index contributed by atoms with van der Waals surface area (Å²) >= 11 is 0. The van der Waals surface area contributed by atoms with E-state index >= 15 is 0 Å². The number of carbonyl (C=O) groups is 1. The van der Waals surface area contributed by atoms with Crippen LogP contribution in [0, 0.1) is 20.8 Å². The average Bonchev–Trinajstić information content (AvgIpc) is 2.55. The van der Waals surface area contributed by atoms with E-state index < -0.39 is 0 Å². The zero-order valence-corrected chi connectivity index (χ0v) is 14.1. The summed E-state index contributed by atoms with van der Waals surface area (Å²) in [6.07, 6.45) is 1.62. The maximum absolute atomic E-state index is 12.4. The van der Waals surface area contributed by atoms with E-state index in [4.69, 9.17) is 0 Å². The zero-order valence-electron chi connectivity index (χ0n) is 14.1. The van der Waals surface area contributed by atoms with Crippen molar-refractivity contribution in [2.24, 2.45) is 0 Å². The molecule has 0 aliphatic carbocycles. The van der Waals surface area contributed by atoms with E-state index in [1.165, 1.54) is 5.56 Å². The number of nitrogens with one attached hydrogen (secondary N) is 1. The van der Waals surface area contributed by atoms with E-state index in [0.29, 0.717) is 5.56 Å². The topological polar surface area (TPSA) is 42.0 Å². The summed E-state index contributed by atoms with van der Waals surface area (Å²) < 4.78 is 0. The number of nitrogens with zero attached hydrogens (tertiary/aromatic N) is 1. The molecule has 0 unspecified atom stereocenters. The van der Waals surface area contributed by atoms with Crippen molar-refractivity contribution in [3.05, 3.63) is 83.0 Å². The molecule has 0 aliphatic heterocycles. The van der Waals surface area contributed by atoms with Crippen molar-refractivity contribution >= 4 is 11.6 Å². The molecule has 3 rings (SSSR count). The van der Waals surface area contributed by atoms with Crippen molar-refractivity contribution in [1.82, 2.24) is 4.98 Å². The number of aromatic nitrogens is 1. The minimum atomic E-state index is -0.150. The van der Waals surface area contributed by atoms with Gasteiger partial charge in [-0.15, -0.1) is 0 Å². The van der Waals surface area contributed by atoms with E-state index in [2.05, 4.69) is 35.4 Å². The predicted molar refractivity (Wildman–Crippen MR) is 98.3 cm³/mol.